The zero-order valence-electron chi connectivity index (χ0n) is 15.0. The van der Waals surface area contributed by atoms with E-state index in [0.717, 1.165) is 5.56 Å². The third-order valence-electron chi connectivity index (χ3n) is 4.45. The standard InChI is InChI=1S/C17H15N9O3/c27-15-8-29-13-2-1-9(5-10(13)21-15)7-18-17(28)11-6-12(16-22-24-25-23-16)26-14(20-11)3-4-19-26/h1-3,5-6,19H,4,7-8H2,(H,18,28)(H,21,27)(H,22,23,24,25). The molecule has 0 bridgehead atoms. The maximum Gasteiger partial charge on any atom is 0.270 e. The van der Waals surface area contributed by atoms with Gasteiger partial charge in [-0.25, -0.2) is 10.4 Å². The molecule has 0 saturated heterocycles. The number of carbonyl (C=O) groups excluding carboxylic acids is 2. The third-order valence-corrected chi connectivity index (χ3v) is 4.45. The van der Waals surface area contributed by atoms with Crippen molar-refractivity contribution in [1.29, 1.82) is 0 Å². The minimum absolute atomic E-state index is 0.000319. The maximum absolute atomic E-state index is 12.7. The van der Waals surface area contributed by atoms with Crippen molar-refractivity contribution in [1.82, 2.24) is 36.4 Å². The predicted molar refractivity (Wildman–Crippen MR) is 99.9 cm³/mol. The van der Waals surface area contributed by atoms with Crippen LogP contribution in [0.2, 0.25) is 0 Å². The summed E-state index contributed by atoms with van der Waals surface area (Å²) in [4.78, 5) is 28.6. The van der Waals surface area contributed by atoms with Crippen molar-refractivity contribution in [3.05, 3.63) is 47.6 Å². The summed E-state index contributed by atoms with van der Waals surface area (Å²) in [5.41, 5.74) is 5.30. The van der Waals surface area contributed by atoms with Gasteiger partial charge in [-0.1, -0.05) is 6.07 Å². The van der Waals surface area contributed by atoms with Crippen molar-refractivity contribution in [3.63, 3.8) is 0 Å². The number of nitrogens with one attached hydrogen (secondary N) is 4. The molecule has 0 unspecified atom stereocenters. The molecule has 0 atom stereocenters. The average molecular weight is 393 g/mol. The number of hydrazine groups is 1. The second-order valence-electron chi connectivity index (χ2n) is 6.37. The van der Waals surface area contributed by atoms with Gasteiger partial charge in [-0.05, 0) is 35.1 Å². The van der Waals surface area contributed by atoms with Crippen LogP contribution in [0, 0.1) is 0 Å². The van der Waals surface area contributed by atoms with Crippen LogP contribution in [0.3, 0.4) is 0 Å². The molecule has 12 nitrogen and oxygen atoms in total. The Morgan fingerprint density at radius 1 is 1.34 bits per heavy atom. The van der Waals surface area contributed by atoms with Crippen LogP contribution in [0.5, 0.6) is 5.75 Å². The summed E-state index contributed by atoms with van der Waals surface area (Å²) >= 11 is 0. The van der Waals surface area contributed by atoms with Gasteiger partial charge in [0.2, 0.25) is 5.82 Å². The summed E-state index contributed by atoms with van der Waals surface area (Å²) in [6.07, 6.45) is 3.45. The number of hydrogen-bond acceptors (Lipinski definition) is 9. The van der Waals surface area contributed by atoms with Crippen molar-refractivity contribution >= 4 is 28.9 Å². The number of fused-ring (bicyclic) bond motifs is 2. The molecule has 3 aliphatic heterocycles. The smallest absolute Gasteiger partial charge is 0.270 e. The highest BCUT2D eigenvalue weighted by Crippen LogP contribution is 2.29. The SMILES string of the molecule is O=C1COc2ccc(CNC(=O)C3=NC4=CCNN4C(c4nn[nH]n4)=C3)cc2N1. The molecule has 1 aromatic carbocycles. The molecule has 0 radical (unpaired) electrons. The largest absolute Gasteiger partial charge is 0.482 e. The number of aliphatic imine (C=N–C) groups is 1. The number of tetrazole rings is 1. The third kappa shape index (κ3) is 3.21. The molecular weight excluding hydrogens is 378 g/mol. The highest BCUT2D eigenvalue weighted by molar-refractivity contribution is 6.44. The fraction of sp³-hybridized carbons (Fsp3) is 0.176. The number of H-pyrrole nitrogens is 1. The lowest BCUT2D eigenvalue weighted by Gasteiger charge is -2.24. The Morgan fingerprint density at radius 2 is 2.28 bits per heavy atom. The first-order valence-corrected chi connectivity index (χ1v) is 8.79. The number of aromatic nitrogens is 4. The molecule has 0 saturated carbocycles. The average Bonchev–Trinajstić information content (AvgIpc) is 3.42. The molecule has 2 amide bonds. The van der Waals surface area contributed by atoms with Crippen molar-refractivity contribution in [2.24, 2.45) is 4.99 Å². The lowest BCUT2D eigenvalue weighted by molar-refractivity contribution is -0.118. The van der Waals surface area contributed by atoms with Gasteiger partial charge in [0.05, 0.1) is 5.69 Å². The monoisotopic (exact) mass is 393 g/mol. The number of nitrogens with zero attached hydrogens (tertiary/aromatic N) is 5. The molecule has 3 aliphatic rings. The van der Waals surface area contributed by atoms with Gasteiger partial charge in [-0.15, -0.1) is 10.2 Å². The molecule has 0 fully saturated rings. The lowest BCUT2D eigenvalue weighted by atomic mass is 10.1. The fourth-order valence-electron chi connectivity index (χ4n) is 3.12. The first kappa shape index (κ1) is 17.1. The number of carbonyl (C=O) groups is 2. The Balaban J connectivity index is 1.33. The number of hydrogen-bond donors (Lipinski definition) is 4. The molecule has 0 spiro atoms. The Kier molecular flexibility index (Phi) is 4.02. The van der Waals surface area contributed by atoms with E-state index in [1.165, 1.54) is 0 Å². The molecule has 4 N–H and O–H groups in total. The molecule has 4 heterocycles. The van der Waals surface area contributed by atoms with E-state index in [9.17, 15) is 9.59 Å². The predicted octanol–water partition coefficient (Wildman–Crippen LogP) is -0.696. The first-order chi connectivity index (χ1) is 14.2. The number of amides is 2. The number of rotatable bonds is 4. The molecule has 1 aromatic heterocycles. The Morgan fingerprint density at radius 3 is 3.14 bits per heavy atom. The van der Waals surface area contributed by atoms with Crippen LogP contribution >= 0.6 is 0 Å². The normalized spacial score (nSPS) is 17.3. The lowest BCUT2D eigenvalue weighted by Crippen LogP contribution is -2.37. The quantitative estimate of drug-likeness (QED) is 0.533. The van der Waals surface area contributed by atoms with E-state index in [1.54, 1.807) is 23.2 Å². The van der Waals surface area contributed by atoms with E-state index >= 15 is 0 Å². The van der Waals surface area contributed by atoms with E-state index in [-0.39, 0.29) is 30.7 Å². The maximum atomic E-state index is 12.7. The summed E-state index contributed by atoms with van der Waals surface area (Å²) in [5, 5.41) is 21.2. The van der Waals surface area contributed by atoms with E-state index in [2.05, 4.69) is 41.7 Å². The first-order valence-electron chi connectivity index (χ1n) is 8.79. The Labute approximate surface area is 163 Å². The molecule has 146 valence electrons. The van der Waals surface area contributed by atoms with Gasteiger partial charge < -0.3 is 15.4 Å². The molecule has 0 aliphatic carbocycles. The van der Waals surface area contributed by atoms with Gasteiger partial charge in [-0.3, -0.25) is 14.6 Å². The Hall–Kier alpha value is -4.06. The molecule has 5 rings (SSSR count). The van der Waals surface area contributed by atoms with E-state index in [0.29, 0.717) is 35.3 Å². The zero-order chi connectivity index (χ0) is 19.8. The second kappa shape index (κ2) is 6.83. The molecule has 12 heteroatoms. The van der Waals surface area contributed by atoms with Gasteiger partial charge in [0.1, 0.15) is 23.0 Å². The minimum atomic E-state index is -0.351. The van der Waals surface area contributed by atoms with Crippen molar-refractivity contribution in [2.45, 2.75) is 6.54 Å². The summed E-state index contributed by atoms with van der Waals surface area (Å²) in [6.45, 7) is 0.832. The number of ether oxygens (including phenoxy) is 1. The van der Waals surface area contributed by atoms with E-state index in [1.807, 2.05) is 12.1 Å². The van der Waals surface area contributed by atoms with Gasteiger partial charge >= 0.3 is 0 Å². The van der Waals surface area contributed by atoms with Gasteiger partial charge in [-0.2, -0.15) is 5.21 Å². The van der Waals surface area contributed by atoms with Crippen LogP contribution in [0.1, 0.15) is 11.4 Å². The summed E-state index contributed by atoms with van der Waals surface area (Å²) < 4.78 is 5.34. The van der Waals surface area contributed by atoms with Gasteiger partial charge in [0.25, 0.3) is 11.8 Å². The van der Waals surface area contributed by atoms with Crippen LogP contribution in [0.4, 0.5) is 5.69 Å². The summed E-state index contributed by atoms with van der Waals surface area (Å²) in [5.74, 6) is 0.973. The van der Waals surface area contributed by atoms with Crippen LogP contribution in [0.25, 0.3) is 5.70 Å². The highest BCUT2D eigenvalue weighted by atomic mass is 16.5. The molecular formula is C17H15N9O3. The van der Waals surface area contributed by atoms with Crippen molar-refractivity contribution in [2.75, 3.05) is 18.5 Å². The molecule has 29 heavy (non-hydrogen) atoms. The Bertz CT molecular complexity index is 1090. The van der Waals surface area contributed by atoms with Crippen LogP contribution < -0.4 is 20.8 Å². The van der Waals surface area contributed by atoms with Gasteiger partial charge in [0, 0.05) is 13.1 Å². The number of anilines is 1. The number of benzene rings is 1. The molecule has 2 aromatic rings. The minimum Gasteiger partial charge on any atom is -0.482 e. The van der Waals surface area contributed by atoms with Crippen molar-refractivity contribution < 1.29 is 14.3 Å². The fourth-order valence-corrected chi connectivity index (χ4v) is 3.12. The van der Waals surface area contributed by atoms with Crippen LogP contribution in [-0.4, -0.2) is 56.3 Å². The van der Waals surface area contributed by atoms with Crippen LogP contribution in [0.15, 0.2) is 41.2 Å². The topological polar surface area (TPSA) is 150 Å². The van der Waals surface area contributed by atoms with Crippen molar-refractivity contribution in [3.8, 4) is 5.75 Å². The van der Waals surface area contributed by atoms with E-state index in [4.69, 9.17) is 4.74 Å². The zero-order valence-corrected chi connectivity index (χ0v) is 15.0. The highest BCUT2D eigenvalue weighted by Gasteiger charge is 2.29. The second-order valence-corrected chi connectivity index (χ2v) is 6.37. The summed E-state index contributed by atoms with van der Waals surface area (Å²) in [6, 6.07) is 5.35. The van der Waals surface area contributed by atoms with Gasteiger partial charge in [0.15, 0.2) is 6.61 Å². The number of aromatic amines is 1. The van der Waals surface area contributed by atoms with E-state index < -0.39 is 0 Å². The summed E-state index contributed by atoms with van der Waals surface area (Å²) in [7, 11) is 0. The van der Waals surface area contributed by atoms with Crippen LogP contribution in [-0.2, 0) is 16.1 Å².